The average molecular weight is 506 g/mol. The topological polar surface area (TPSA) is 287 Å². The highest BCUT2D eigenvalue weighted by atomic mass is 32.1. The average Bonchev–Trinajstić information content (AvgIpc) is 2.75. The third-order valence-electron chi connectivity index (χ3n) is 4.01. The maximum atomic E-state index is 12.5. The number of thiol groups is 1. The molecule has 0 radical (unpaired) electrons. The zero-order valence-electron chi connectivity index (χ0n) is 18.3. The number of hydrogen-bond donors (Lipinski definition) is 10. The van der Waals surface area contributed by atoms with Crippen LogP contribution in [0.4, 0.5) is 0 Å². The molecule has 3 atom stereocenters. The molecule has 0 aliphatic heterocycles. The van der Waals surface area contributed by atoms with Gasteiger partial charge in [0.25, 0.3) is 0 Å². The van der Waals surface area contributed by atoms with Gasteiger partial charge in [-0.15, -0.1) is 0 Å². The van der Waals surface area contributed by atoms with E-state index < -0.39 is 73.1 Å². The smallest absolute Gasteiger partial charge is 0.322 e. The first-order chi connectivity index (χ1) is 15.9. The number of amides is 5. The fraction of sp³-hybridized carbons (Fsp3) is 0.588. The Bertz CT molecular complexity index is 789. The minimum absolute atomic E-state index is 0.0295. The number of primary amides is 1. The zero-order valence-corrected chi connectivity index (χ0v) is 19.2. The Hall–Kier alpha value is -3.60. The number of nitrogens with one attached hydrogen (secondary N) is 4. The predicted molar refractivity (Wildman–Crippen MR) is 123 cm³/mol. The molecule has 0 aromatic carbocycles. The van der Waals surface area contributed by atoms with Crippen LogP contribution in [-0.2, 0) is 28.8 Å². The molecule has 0 rings (SSSR count). The number of rotatable bonds is 16. The summed E-state index contributed by atoms with van der Waals surface area (Å²) in [4.78, 5) is 74.3. The molecule has 0 heterocycles. The van der Waals surface area contributed by atoms with E-state index >= 15 is 0 Å². The molecule has 0 aliphatic carbocycles. The van der Waals surface area contributed by atoms with Gasteiger partial charge in [-0.05, 0) is 12.8 Å². The second-order valence-electron chi connectivity index (χ2n) is 6.92. The number of carboxylic acid groups (broad SMARTS) is 1. The van der Waals surface area contributed by atoms with Crippen molar-refractivity contribution < 1.29 is 33.9 Å². The molecule has 192 valence electrons. The van der Waals surface area contributed by atoms with Crippen molar-refractivity contribution in [2.75, 3.05) is 25.4 Å². The summed E-state index contributed by atoms with van der Waals surface area (Å²) in [7, 11) is 0. The van der Waals surface area contributed by atoms with Gasteiger partial charge in [0.2, 0.25) is 29.5 Å². The highest BCUT2D eigenvalue weighted by Gasteiger charge is 2.26. The number of nitrogens with zero attached hydrogens (tertiary/aromatic N) is 1. The van der Waals surface area contributed by atoms with Crippen LogP contribution in [0.5, 0.6) is 0 Å². The van der Waals surface area contributed by atoms with Gasteiger partial charge < -0.3 is 49.3 Å². The lowest BCUT2D eigenvalue weighted by Gasteiger charge is -2.21. The largest absolute Gasteiger partial charge is 0.480 e. The number of aliphatic carboxylic acids is 1. The van der Waals surface area contributed by atoms with E-state index in [0.717, 1.165) is 0 Å². The first-order valence-corrected chi connectivity index (χ1v) is 10.6. The highest BCUT2D eigenvalue weighted by molar-refractivity contribution is 7.80. The molecule has 0 aromatic heterocycles. The minimum atomic E-state index is -1.45. The van der Waals surface area contributed by atoms with Crippen molar-refractivity contribution in [2.45, 2.75) is 37.4 Å². The maximum Gasteiger partial charge on any atom is 0.322 e. The summed E-state index contributed by atoms with van der Waals surface area (Å²) in [6.07, 6.45) is -0.184. The quantitative estimate of drug-likeness (QED) is 0.0410. The molecule has 34 heavy (non-hydrogen) atoms. The molecule has 0 aromatic rings. The Morgan fingerprint density at radius 1 is 0.882 bits per heavy atom. The molecule has 13 N–H and O–H groups in total. The van der Waals surface area contributed by atoms with E-state index in [1.165, 1.54) is 0 Å². The Kier molecular flexibility index (Phi) is 14.4. The summed E-state index contributed by atoms with van der Waals surface area (Å²) in [5.41, 5.74) is 21.1. The van der Waals surface area contributed by atoms with Gasteiger partial charge >= 0.3 is 5.97 Å². The van der Waals surface area contributed by atoms with Gasteiger partial charge in [0.1, 0.15) is 18.6 Å². The van der Waals surface area contributed by atoms with Crippen LogP contribution in [0, 0.1) is 0 Å². The lowest BCUT2D eigenvalue weighted by atomic mass is 10.1. The van der Waals surface area contributed by atoms with Gasteiger partial charge in [-0.1, -0.05) is 0 Å². The molecule has 0 saturated heterocycles. The van der Waals surface area contributed by atoms with Crippen LogP contribution in [-0.4, -0.2) is 90.1 Å². The van der Waals surface area contributed by atoms with Crippen molar-refractivity contribution in [1.82, 2.24) is 21.3 Å². The standard InChI is InChI=1S/C17H31N9O7S/c18-8(7-34)14(31)26-9(2-1-3-22-17(20)21)15(32)23-5-12(28)25-10(4-11(19)27)16(33)24-6-13(29)30/h8-10,34H,1-7,18H2,(H2,19,27)(H,23,32)(H,24,33)(H,25,28)(H,26,31)(H,29,30)(H4,20,21,22)/t8-,9+,10+/m0/s1. The fourth-order valence-electron chi connectivity index (χ4n) is 2.37. The van der Waals surface area contributed by atoms with E-state index in [-0.39, 0.29) is 24.7 Å². The Balaban J connectivity index is 5.04. The number of carbonyl (C=O) groups is 6. The highest BCUT2D eigenvalue weighted by Crippen LogP contribution is 2.00. The van der Waals surface area contributed by atoms with Crippen molar-refractivity contribution in [2.24, 2.45) is 27.9 Å². The second-order valence-corrected chi connectivity index (χ2v) is 7.28. The van der Waals surface area contributed by atoms with Gasteiger partial charge in [-0.2, -0.15) is 12.6 Å². The van der Waals surface area contributed by atoms with Crippen molar-refractivity contribution in [3.63, 3.8) is 0 Å². The molecule has 5 amide bonds. The van der Waals surface area contributed by atoms with Crippen LogP contribution in [0.25, 0.3) is 0 Å². The van der Waals surface area contributed by atoms with E-state index in [2.05, 4.69) is 33.6 Å². The molecule has 0 saturated carbocycles. The monoisotopic (exact) mass is 505 g/mol. The van der Waals surface area contributed by atoms with E-state index in [9.17, 15) is 28.8 Å². The lowest BCUT2D eigenvalue weighted by molar-refractivity contribution is -0.138. The van der Waals surface area contributed by atoms with Crippen molar-refractivity contribution in [3.05, 3.63) is 0 Å². The number of hydrogen-bond acceptors (Lipinski definition) is 9. The van der Waals surface area contributed by atoms with Crippen molar-refractivity contribution in [3.8, 4) is 0 Å². The lowest BCUT2D eigenvalue weighted by Crippen LogP contribution is -2.55. The molecule has 17 heteroatoms. The number of nitrogens with two attached hydrogens (primary N) is 4. The molecule has 0 unspecified atom stereocenters. The molecular formula is C17H31N9O7S. The summed E-state index contributed by atoms with van der Waals surface area (Å²) in [6.45, 7) is -1.18. The van der Waals surface area contributed by atoms with E-state index in [1.807, 2.05) is 5.32 Å². The molecular weight excluding hydrogens is 474 g/mol. The summed E-state index contributed by atoms with van der Waals surface area (Å²) >= 11 is 3.92. The SMILES string of the molecule is NC(=O)C[C@@H](NC(=O)CNC(=O)[C@@H](CCCN=C(N)N)NC(=O)[C@@H](N)CS)C(=O)NCC(=O)O. The molecule has 16 nitrogen and oxygen atoms in total. The number of carbonyl (C=O) groups excluding carboxylic acids is 5. The van der Waals surface area contributed by atoms with Gasteiger partial charge in [0, 0.05) is 12.3 Å². The number of aliphatic imine (C=N–C) groups is 1. The van der Waals surface area contributed by atoms with Crippen molar-refractivity contribution >= 4 is 54.1 Å². The van der Waals surface area contributed by atoms with Crippen LogP contribution in [0.1, 0.15) is 19.3 Å². The summed E-state index contributed by atoms with van der Waals surface area (Å²) < 4.78 is 0. The second kappa shape index (κ2) is 16.1. The van der Waals surface area contributed by atoms with Crippen LogP contribution in [0.15, 0.2) is 4.99 Å². The van der Waals surface area contributed by atoms with E-state index in [1.54, 1.807) is 0 Å². The van der Waals surface area contributed by atoms with Crippen LogP contribution >= 0.6 is 12.6 Å². The van der Waals surface area contributed by atoms with E-state index in [0.29, 0.717) is 6.42 Å². The zero-order chi connectivity index (χ0) is 26.3. The third-order valence-corrected chi connectivity index (χ3v) is 4.40. The van der Waals surface area contributed by atoms with Gasteiger partial charge in [0.15, 0.2) is 5.96 Å². The van der Waals surface area contributed by atoms with Crippen LogP contribution in [0.3, 0.4) is 0 Å². The summed E-state index contributed by atoms with van der Waals surface area (Å²) in [5, 5.41) is 17.5. The third kappa shape index (κ3) is 13.7. The van der Waals surface area contributed by atoms with Gasteiger partial charge in [-0.3, -0.25) is 33.8 Å². The Morgan fingerprint density at radius 3 is 2.00 bits per heavy atom. The fourth-order valence-corrected chi connectivity index (χ4v) is 2.53. The number of guanidine groups is 1. The Labute approximate surface area is 200 Å². The van der Waals surface area contributed by atoms with Gasteiger partial charge in [-0.25, -0.2) is 0 Å². The molecule has 0 fully saturated rings. The minimum Gasteiger partial charge on any atom is -0.480 e. The van der Waals surface area contributed by atoms with E-state index in [4.69, 9.17) is 28.0 Å². The number of carboxylic acids is 1. The Morgan fingerprint density at radius 2 is 1.47 bits per heavy atom. The normalized spacial score (nSPS) is 12.9. The van der Waals surface area contributed by atoms with Gasteiger partial charge in [0.05, 0.1) is 19.0 Å². The summed E-state index contributed by atoms with van der Waals surface area (Å²) in [6, 6.07) is -3.51. The maximum absolute atomic E-state index is 12.5. The molecule has 0 aliphatic rings. The van der Waals surface area contributed by atoms with Crippen LogP contribution in [0.2, 0.25) is 0 Å². The molecule has 0 spiro atoms. The van der Waals surface area contributed by atoms with Crippen LogP contribution < -0.4 is 44.2 Å². The first kappa shape index (κ1) is 30.4. The predicted octanol–water partition coefficient (Wildman–Crippen LogP) is -5.54. The van der Waals surface area contributed by atoms with Crippen molar-refractivity contribution in [1.29, 1.82) is 0 Å². The first-order valence-electron chi connectivity index (χ1n) is 9.94. The molecule has 0 bridgehead atoms. The summed E-state index contributed by atoms with van der Waals surface area (Å²) in [5.74, 6) is -5.58.